The standard InChI is InChI=1S/C8H18O4P/c1-4-10-6-8(7-11-5-2)12-13(3)9/h8H,4-7H2,1-3H3/q+1. The summed E-state index contributed by atoms with van der Waals surface area (Å²) in [6.07, 6.45) is -0.214. The molecule has 0 saturated carbocycles. The summed E-state index contributed by atoms with van der Waals surface area (Å²) in [4.78, 5) is 0. The van der Waals surface area contributed by atoms with Gasteiger partial charge in [0.15, 0.2) is 12.8 Å². The minimum absolute atomic E-state index is 0.214. The fourth-order valence-electron chi connectivity index (χ4n) is 0.817. The maximum Gasteiger partial charge on any atom is 0.505 e. The number of ether oxygens (including phenoxy) is 2. The van der Waals surface area contributed by atoms with E-state index in [0.29, 0.717) is 26.4 Å². The lowest BCUT2D eigenvalue weighted by atomic mass is 10.4. The molecule has 0 radical (unpaired) electrons. The van der Waals surface area contributed by atoms with E-state index >= 15 is 0 Å². The molecule has 0 amide bonds. The van der Waals surface area contributed by atoms with Crippen molar-refractivity contribution in [3.63, 3.8) is 0 Å². The lowest BCUT2D eigenvalue weighted by Gasteiger charge is -2.10. The average molecular weight is 209 g/mol. The van der Waals surface area contributed by atoms with Crippen LogP contribution in [-0.2, 0) is 18.6 Å². The summed E-state index contributed by atoms with van der Waals surface area (Å²) in [5.41, 5.74) is 0. The number of hydrogen-bond acceptors (Lipinski definition) is 4. The van der Waals surface area contributed by atoms with Crippen LogP contribution in [-0.4, -0.2) is 39.2 Å². The molecule has 13 heavy (non-hydrogen) atoms. The van der Waals surface area contributed by atoms with Crippen LogP contribution < -0.4 is 0 Å². The molecule has 0 saturated heterocycles. The minimum atomic E-state index is -1.58. The first-order valence-corrected chi connectivity index (χ1v) is 6.06. The average Bonchev–Trinajstić information content (AvgIpc) is 2.09. The van der Waals surface area contributed by atoms with Crippen LogP contribution in [0.5, 0.6) is 0 Å². The van der Waals surface area contributed by atoms with Gasteiger partial charge in [-0.15, -0.1) is 4.52 Å². The molecule has 0 fully saturated rings. The Morgan fingerprint density at radius 3 is 1.92 bits per heavy atom. The predicted molar refractivity (Wildman–Crippen MR) is 51.4 cm³/mol. The van der Waals surface area contributed by atoms with Gasteiger partial charge in [0.05, 0.1) is 13.2 Å². The van der Waals surface area contributed by atoms with E-state index in [2.05, 4.69) is 0 Å². The van der Waals surface area contributed by atoms with E-state index in [9.17, 15) is 4.57 Å². The molecule has 0 aliphatic carbocycles. The van der Waals surface area contributed by atoms with Crippen molar-refractivity contribution in [2.24, 2.45) is 0 Å². The lowest BCUT2D eigenvalue weighted by Crippen LogP contribution is -2.23. The Bertz CT molecular complexity index is 132. The van der Waals surface area contributed by atoms with Crippen molar-refractivity contribution in [3.8, 4) is 0 Å². The second-order valence-electron chi connectivity index (χ2n) is 2.49. The van der Waals surface area contributed by atoms with Crippen LogP contribution in [0.25, 0.3) is 0 Å². The third-order valence-electron chi connectivity index (χ3n) is 1.31. The molecule has 1 atom stereocenters. The highest BCUT2D eigenvalue weighted by molar-refractivity contribution is 7.38. The van der Waals surface area contributed by atoms with Gasteiger partial charge in [-0.1, -0.05) is 0 Å². The molecule has 0 aromatic carbocycles. The lowest BCUT2D eigenvalue weighted by molar-refractivity contribution is 0.00364. The first kappa shape index (κ1) is 13.0. The summed E-state index contributed by atoms with van der Waals surface area (Å²) in [5.74, 6) is 0. The highest BCUT2D eigenvalue weighted by Crippen LogP contribution is 2.19. The molecule has 0 aliphatic rings. The van der Waals surface area contributed by atoms with Gasteiger partial charge in [0.2, 0.25) is 0 Å². The molecule has 0 spiro atoms. The molecule has 0 aromatic rings. The van der Waals surface area contributed by atoms with Crippen molar-refractivity contribution in [2.45, 2.75) is 20.0 Å². The van der Waals surface area contributed by atoms with Crippen molar-refractivity contribution in [2.75, 3.05) is 33.1 Å². The fraction of sp³-hybridized carbons (Fsp3) is 1.00. The van der Waals surface area contributed by atoms with E-state index in [0.717, 1.165) is 0 Å². The van der Waals surface area contributed by atoms with Crippen LogP contribution in [0.4, 0.5) is 0 Å². The quantitative estimate of drug-likeness (QED) is 0.572. The summed E-state index contributed by atoms with van der Waals surface area (Å²) in [7, 11) is -1.58. The third kappa shape index (κ3) is 8.31. The van der Waals surface area contributed by atoms with Crippen molar-refractivity contribution < 1.29 is 18.6 Å². The third-order valence-corrected chi connectivity index (χ3v) is 1.91. The SMILES string of the molecule is CCOCC(COCC)O[P+](C)=O. The van der Waals surface area contributed by atoms with Gasteiger partial charge in [0, 0.05) is 13.2 Å². The van der Waals surface area contributed by atoms with Crippen LogP contribution in [0.3, 0.4) is 0 Å². The van der Waals surface area contributed by atoms with Crippen molar-refractivity contribution >= 4 is 8.03 Å². The van der Waals surface area contributed by atoms with Gasteiger partial charge in [0.1, 0.15) is 0 Å². The van der Waals surface area contributed by atoms with Gasteiger partial charge in [-0.25, -0.2) is 0 Å². The van der Waals surface area contributed by atoms with Gasteiger partial charge in [0.25, 0.3) is 0 Å². The van der Waals surface area contributed by atoms with E-state index in [-0.39, 0.29) is 6.10 Å². The summed E-state index contributed by atoms with van der Waals surface area (Å²) in [6.45, 7) is 7.48. The molecule has 0 N–H and O–H groups in total. The molecule has 78 valence electrons. The molecule has 5 heteroatoms. The van der Waals surface area contributed by atoms with Crippen molar-refractivity contribution in [1.29, 1.82) is 0 Å². The van der Waals surface area contributed by atoms with Crippen molar-refractivity contribution in [3.05, 3.63) is 0 Å². The predicted octanol–water partition coefficient (Wildman–Crippen LogP) is 1.82. The fourth-order valence-corrected chi connectivity index (χ4v) is 1.36. The molecular formula is C8H18O4P+. The second kappa shape index (κ2) is 8.57. The van der Waals surface area contributed by atoms with Crippen LogP contribution in [0.15, 0.2) is 0 Å². The van der Waals surface area contributed by atoms with Gasteiger partial charge in [-0.05, 0) is 18.4 Å². The summed E-state index contributed by atoms with van der Waals surface area (Å²) in [5, 5.41) is 0. The normalized spacial score (nSPS) is 12.2. The van der Waals surface area contributed by atoms with E-state index in [1.807, 2.05) is 13.8 Å². The van der Waals surface area contributed by atoms with Crippen LogP contribution in [0.2, 0.25) is 0 Å². The first-order chi connectivity index (χ1) is 6.20. The van der Waals surface area contributed by atoms with E-state index in [4.69, 9.17) is 14.0 Å². The monoisotopic (exact) mass is 209 g/mol. The summed E-state index contributed by atoms with van der Waals surface area (Å²) >= 11 is 0. The first-order valence-electron chi connectivity index (χ1n) is 4.43. The van der Waals surface area contributed by atoms with Crippen LogP contribution >= 0.6 is 8.03 Å². The smallest absolute Gasteiger partial charge is 0.379 e. The molecule has 0 rings (SSSR count). The Kier molecular flexibility index (Phi) is 8.56. The molecule has 0 bridgehead atoms. The Morgan fingerprint density at radius 2 is 1.62 bits per heavy atom. The Hall–Kier alpha value is -0.0200. The van der Waals surface area contributed by atoms with Gasteiger partial charge in [-0.2, -0.15) is 0 Å². The van der Waals surface area contributed by atoms with Crippen LogP contribution in [0.1, 0.15) is 13.8 Å². The topological polar surface area (TPSA) is 44.8 Å². The highest BCUT2D eigenvalue weighted by atomic mass is 31.1. The maximum absolute atomic E-state index is 10.8. The number of rotatable bonds is 8. The zero-order valence-electron chi connectivity index (χ0n) is 8.49. The molecule has 1 unspecified atom stereocenters. The van der Waals surface area contributed by atoms with E-state index in [1.165, 1.54) is 6.66 Å². The Labute approximate surface area is 80.4 Å². The van der Waals surface area contributed by atoms with Crippen molar-refractivity contribution in [1.82, 2.24) is 0 Å². The summed E-state index contributed by atoms with van der Waals surface area (Å²) < 4.78 is 26.2. The minimum Gasteiger partial charge on any atom is -0.379 e. The Balaban J connectivity index is 3.66. The number of hydrogen-bond donors (Lipinski definition) is 0. The molecule has 0 aliphatic heterocycles. The van der Waals surface area contributed by atoms with Gasteiger partial charge in [-0.3, -0.25) is 0 Å². The van der Waals surface area contributed by atoms with E-state index < -0.39 is 8.03 Å². The van der Waals surface area contributed by atoms with E-state index in [1.54, 1.807) is 0 Å². The molecule has 0 heterocycles. The van der Waals surface area contributed by atoms with Gasteiger partial charge >= 0.3 is 8.03 Å². The highest BCUT2D eigenvalue weighted by Gasteiger charge is 2.19. The zero-order valence-corrected chi connectivity index (χ0v) is 9.38. The molecule has 4 nitrogen and oxygen atoms in total. The largest absolute Gasteiger partial charge is 0.505 e. The summed E-state index contributed by atoms with van der Waals surface area (Å²) in [6, 6.07) is 0. The zero-order chi connectivity index (χ0) is 10.1. The second-order valence-corrected chi connectivity index (χ2v) is 3.58. The van der Waals surface area contributed by atoms with Crippen LogP contribution in [0, 0.1) is 0 Å². The Morgan fingerprint density at radius 1 is 1.15 bits per heavy atom. The maximum atomic E-state index is 10.8. The van der Waals surface area contributed by atoms with Gasteiger partial charge < -0.3 is 9.47 Å². The molecular weight excluding hydrogens is 191 g/mol. The molecule has 0 aromatic heterocycles.